The molecule has 4 aromatic rings. The van der Waals surface area contributed by atoms with Crippen LogP contribution in [0.15, 0.2) is 95.6 Å². The van der Waals surface area contributed by atoms with E-state index in [0.29, 0.717) is 18.2 Å². The van der Waals surface area contributed by atoms with Crippen molar-refractivity contribution < 1.29 is 22.3 Å². The quantitative estimate of drug-likeness (QED) is 0.168. The maximum absolute atomic E-state index is 15.1. The second-order valence-electron chi connectivity index (χ2n) is 16.0. The van der Waals surface area contributed by atoms with Crippen LogP contribution in [-0.4, -0.2) is 105 Å². The van der Waals surface area contributed by atoms with Gasteiger partial charge in [0, 0.05) is 68.3 Å². The second kappa shape index (κ2) is 16.5. The van der Waals surface area contributed by atoms with Crippen LogP contribution in [0, 0.1) is 30.5 Å². The Hall–Kier alpha value is -4.59. The number of hydrogen-bond donors (Lipinski definition) is 1. The molecule has 3 fully saturated rings. The highest BCUT2D eigenvalue weighted by atomic mass is 32.2. The highest BCUT2D eigenvalue weighted by Crippen LogP contribution is 2.52. The van der Waals surface area contributed by atoms with Crippen LogP contribution in [-0.2, 0) is 20.1 Å². The number of amides is 1. The first-order chi connectivity index (χ1) is 26.9. The lowest BCUT2D eigenvalue weighted by Crippen LogP contribution is -2.58. The number of halogens is 1. The normalized spacial score (nSPS) is 20.8. The number of anilines is 1. The summed E-state index contributed by atoms with van der Waals surface area (Å²) in [6.45, 7) is 11.3. The largest absolute Gasteiger partial charge is 0.453 e. The summed E-state index contributed by atoms with van der Waals surface area (Å²) < 4.78 is 49.5. The summed E-state index contributed by atoms with van der Waals surface area (Å²) >= 11 is 0. The van der Waals surface area contributed by atoms with Crippen molar-refractivity contribution >= 4 is 27.2 Å². The number of nitrogens with zero attached hydrogens (tertiary/aromatic N) is 6. The molecule has 0 spiro atoms. The van der Waals surface area contributed by atoms with Crippen molar-refractivity contribution in [1.29, 1.82) is 0 Å². The van der Waals surface area contributed by atoms with E-state index in [4.69, 9.17) is 4.74 Å². The number of methoxy groups -OCH3 is 1. The first-order valence-corrected chi connectivity index (χ1v) is 21.1. The number of nitrogens with one attached hydrogen (secondary N) is 1. The number of imidazole rings is 1. The van der Waals surface area contributed by atoms with E-state index >= 15 is 4.39 Å². The van der Waals surface area contributed by atoms with Gasteiger partial charge in [-0.15, -0.1) is 0 Å². The Bertz CT molecular complexity index is 2130. The Morgan fingerprint density at radius 2 is 1.75 bits per heavy atom. The molecule has 4 heterocycles. The fourth-order valence-electron chi connectivity index (χ4n) is 9.67. The summed E-state index contributed by atoms with van der Waals surface area (Å²) in [6.07, 6.45) is 9.47. The standard InChI is InChI=1S/C43H54FN7O4S/c1-30(26-48(3)4)41-25-38(16-19-46-41)56(53,54)37-14-12-36(13-15-37)50-28-32(29-50)27-49-21-17-33(18-22-49)43(51-23-20-45-31(51)2,34-8-6-9-35(44)24-34)39-10-7-11-40(39)47-42(52)55-5/h6,8-9,12-16,19-20,23-25,32-33,39-40H,1,7,10-11,17-18,21-22,26-29H2,2-5H3,(H,47,52)/t39-,40-,43?/m0/s1. The highest BCUT2D eigenvalue weighted by molar-refractivity contribution is 7.91. The molecule has 11 nitrogen and oxygen atoms in total. The van der Waals surface area contributed by atoms with Crippen LogP contribution in [0.25, 0.3) is 5.57 Å². The number of alkyl carbamates (subject to hydrolysis) is 1. The fourth-order valence-corrected chi connectivity index (χ4v) is 10.9. The van der Waals surface area contributed by atoms with Gasteiger partial charge in [0.15, 0.2) is 0 Å². The SMILES string of the molecule is C=C(CN(C)C)c1cc(S(=O)(=O)c2ccc(N3CC(CN4CCC(C(c5cccc(F)c5)([C@H]5CCC[C@@H]5NC(=O)OC)n5ccnc5C)CC4)C3)cc2)ccn1. The van der Waals surface area contributed by atoms with Gasteiger partial charge >= 0.3 is 6.09 Å². The Kier molecular flexibility index (Phi) is 11.7. The average Bonchev–Trinajstić information content (AvgIpc) is 3.83. The van der Waals surface area contributed by atoms with Crippen molar-refractivity contribution in [3.8, 4) is 0 Å². The van der Waals surface area contributed by atoms with Crippen LogP contribution in [0.5, 0.6) is 0 Å². The zero-order chi connectivity index (χ0) is 39.6. The molecule has 298 valence electrons. The molecule has 1 N–H and O–H groups in total. The zero-order valence-corrected chi connectivity index (χ0v) is 33.7. The monoisotopic (exact) mass is 783 g/mol. The topological polar surface area (TPSA) is 113 Å². The van der Waals surface area contributed by atoms with Gasteiger partial charge in [0.2, 0.25) is 9.84 Å². The molecule has 2 aromatic carbocycles. The number of pyridine rings is 1. The third-order valence-corrected chi connectivity index (χ3v) is 14.0. The smallest absolute Gasteiger partial charge is 0.407 e. The Morgan fingerprint density at radius 1 is 1.00 bits per heavy atom. The van der Waals surface area contributed by atoms with Gasteiger partial charge in [0.05, 0.1) is 28.1 Å². The lowest BCUT2D eigenvalue weighted by atomic mass is 9.64. The van der Waals surface area contributed by atoms with Gasteiger partial charge in [0.1, 0.15) is 11.6 Å². The van der Waals surface area contributed by atoms with Gasteiger partial charge in [-0.1, -0.05) is 25.1 Å². The van der Waals surface area contributed by atoms with E-state index in [1.807, 2.05) is 56.5 Å². The summed E-state index contributed by atoms with van der Waals surface area (Å²) in [5, 5.41) is 3.14. The minimum atomic E-state index is -3.72. The minimum Gasteiger partial charge on any atom is -0.453 e. The molecule has 1 saturated carbocycles. The van der Waals surface area contributed by atoms with Gasteiger partial charge in [-0.2, -0.15) is 0 Å². The van der Waals surface area contributed by atoms with Crippen molar-refractivity contribution in [3.05, 3.63) is 109 Å². The van der Waals surface area contributed by atoms with Crippen molar-refractivity contribution in [1.82, 2.24) is 29.7 Å². The number of benzene rings is 2. The van der Waals surface area contributed by atoms with Crippen molar-refractivity contribution in [2.75, 3.05) is 65.4 Å². The Labute approximate surface area is 330 Å². The third-order valence-electron chi connectivity index (χ3n) is 12.2. The predicted octanol–water partition coefficient (Wildman–Crippen LogP) is 6.25. The van der Waals surface area contributed by atoms with E-state index in [-0.39, 0.29) is 33.5 Å². The molecule has 1 amide bonds. The number of aryl methyl sites for hydroxylation is 1. The molecule has 0 radical (unpaired) electrons. The summed E-state index contributed by atoms with van der Waals surface area (Å²) in [5.74, 6) is 1.29. The summed E-state index contributed by atoms with van der Waals surface area (Å²) in [6, 6.07) is 17.2. The van der Waals surface area contributed by atoms with Crippen LogP contribution >= 0.6 is 0 Å². The zero-order valence-electron chi connectivity index (χ0n) is 32.9. The number of likely N-dealkylation sites (tertiary alicyclic amines) is 1. The highest BCUT2D eigenvalue weighted by Gasteiger charge is 2.54. The van der Waals surface area contributed by atoms with Crippen molar-refractivity contribution in [3.63, 3.8) is 0 Å². The van der Waals surface area contributed by atoms with Crippen molar-refractivity contribution in [2.24, 2.45) is 17.8 Å². The molecule has 56 heavy (non-hydrogen) atoms. The maximum Gasteiger partial charge on any atom is 0.407 e. The van der Waals surface area contributed by atoms with E-state index < -0.39 is 21.5 Å². The number of ether oxygens (including phenoxy) is 1. The number of rotatable bonds is 13. The van der Waals surface area contributed by atoms with E-state index in [0.717, 1.165) is 87.5 Å². The lowest BCUT2D eigenvalue weighted by molar-refractivity contribution is 0.0457. The van der Waals surface area contributed by atoms with Crippen LogP contribution in [0.2, 0.25) is 0 Å². The van der Waals surface area contributed by atoms with Crippen LogP contribution < -0.4 is 10.2 Å². The minimum absolute atomic E-state index is 0.0182. The number of piperidine rings is 1. The van der Waals surface area contributed by atoms with Gasteiger partial charge < -0.3 is 29.3 Å². The molecule has 1 aliphatic carbocycles. The van der Waals surface area contributed by atoms with Gasteiger partial charge in [0.25, 0.3) is 0 Å². The number of likely N-dealkylation sites (N-methyl/N-ethyl adjacent to an activating group) is 1. The molecule has 2 aliphatic heterocycles. The number of aromatic nitrogens is 3. The third kappa shape index (κ3) is 7.86. The molecule has 3 aliphatic rings. The van der Waals surface area contributed by atoms with Gasteiger partial charge in [-0.3, -0.25) is 4.98 Å². The molecule has 1 unspecified atom stereocenters. The van der Waals surface area contributed by atoms with Gasteiger partial charge in [-0.25, -0.2) is 22.6 Å². The molecule has 13 heteroatoms. The molecule has 7 rings (SSSR count). The number of carbonyl (C=O) groups is 1. The van der Waals surface area contributed by atoms with Crippen molar-refractivity contribution in [2.45, 2.75) is 60.4 Å². The first kappa shape index (κ1) is 39.6. The molecule has 2 aromatic heterocycles. The lowest BCUT2D eigenvalue weighted by Gasteiger charge is -2.52. The second-order valence-corrected chi connectivity index (χ2v) is 18.0. The number of hydrogen-bond acceptors (Lipinski definition) is 9. The first-order valence-electron chi connectivity index (χ1n) is 19.6. The maximum atomic E-state index is 15.1. The Morgan fingerprint density at radius 3 is 2.41 bits per heavy atom. The summed E-state index contributed by atoms with van der Waals surface area (Å²) in [5.41, 5.74) is 2.65. The van der Waals surface area contributed by atoms with Crippen LogP contribution in [0.4, 0.5) is 14.9 Å². The molecular formula is C43H54FN7O4S. The predicted molar refractivity (Wildman–Crippen MR) is 216 cm³/mol. The van der Waals surface area contributed by atoms with Gasteiger partial charge in [-0.05, 0) is 125 Å². The van der Waals surface area contributed by atoms with E-state index in [1.165, 1.54) is 25.4 Å². The van der Waals surface area contributed by atoms with Crippen LogP contribution in [0.3, 0.4) is 0 Å². The average molecular weight is 784 g/mol. The fraction of sp³-hybridized carbons (Fsp3) is 0.465. The molecule has 0 bridgehead atoms. The molecule has 3 atom stereocenters. The van der Waals surface area contributed by atoms with E-state index in [9.17, 15) is 13.2 Å². The number of carbonyl (C=O) groups excluding carboxylic acids is 1. The van der Waals surface area contributed by atoms with Crippen LogP contribution in [0.1, 0.15) is 49.2 Å². The number of sulfone groups is 1. The summed E-state index contributed by atoms with van der Waals surface area (Å²) in [7, 11) is 1.54. The summed E-state index contributed by atoms with van der Waals surface area (Å²) in [4.78, 5) is 28.8. The Balaban J connectivity index is 1.02. The molecular weight excluding hydrogens is 730 g/mol. The molecule has 2 saturated heterocycles. The van der Waals surface area contributed by atoms with E-state index in [2.05, 4.69) is 36.2 Å². The van der Waals surface area contributed by atoms with E-state index in [1.54, 1.807) is 30.3 Å².